The molecule has 0 spiro atoms. The summed E-state index contributed by atoms with van der Waals surface area (Å²) in [5, 5.41) is 36.0. The fourth-order valence-electron chi connectivity index (χ4n) is 9.60. The summed E-state index contributed by atoms with van der Waals surface area (Å²) in [6, 6.07) is 10.3. The predicted octanol–water partition coefficient (Wildman–Crippen LogP) is 1.82. The molecule has 8 aromatic heterocycles. The number of aromatic nitrogens is 12. The molecule has 9 rings (SSSR count). The van der Waals surface area contributed by atoms with Crippen molar-refractivity contribution < 1.29 is 57.8 Å². The van der Waals surface area contributed by atoms with Crippen LogP contribution in [0.3, 0.4) is 0 Å². The van der Waals surface area contributed by atoms with Crippen LogP contribution in [-0.2, 0) is 61.2 Å². The molecule has 0 radical (unpaired) electrons. The van der Waals surface area contributed by atoms with Crippen LogP contribution < -0.4 is 58.9 Å². The summed E-state index contributed by atoms with van der Waals surface area (Å²) in [5.41, 5.74) is 8.11. The number of carboxylic acid groups (broad SMARTS) is 1. The second kappa shape index (κ2) is 28.0. The number of nitrogens with zero attached hydrogens (tertiary/aromatic N) is 12. The normalized spacial score (nSPS) is 11.3. The van der Waals surface area contributed by atoms with Gasteiger partial charge in [0.05, 0.1) is 34.4 Å². The van der Waals surface area contributed by atoms with Crippen LogP contribution in [0.25, 0.3) is 0 Å². The fraction of sp³-hybridized carbons (Fsp3) is 0.237. The molecule has 1 aromatic carbocycles. The average Bonchev–Trinajstić information content (AvgIpc) is 1.72. The number of rotatable bonds is 25. The van der Waals surface area contributed by atoms with Crippen LogP contribution in [0.1, 0.15) is 118 Å². The molecule has 8 heterocycles. The zero-order chi connectivity index (χ0) is 67.8. The maximum Gasteiger partial charge on any atom is 0.335 e. The van der Waals surface area contributed by atoms with Gasteiger partial charge in [0.2, 0.25) is 23.4 Å². The topological polar surface area (TPSA) is 445 Å². The Balaban J connectivity index is 0.691. The summed E-state index contributed by atoms with van der Waals surface area (Å²) in [7, 11) is 12.7. The first-order valence-electron chi connectivity index (χ1n) is 28.6. The van der Waals surface area contributed by atoms with E-state index in [1.165, 1.54) is 143 Å². The van der Waals surface area contributed by atoms with Crippen LogP contribution in [0.2, 0.25) is 0 Å². The average molecular weight is 1290 g/mol. The van der Waals surface area contributed by atoms with E-state index in [0.717, 1.165) is 0 Å². The molecule has 0 aliphatic heterocycles. The molecule has 0 saturated heterocycles. The van der Waals surface area contributed by atoms with E-state index in [1.807, 2.05) is 0 Å². The summed E-state index contributed by atoms with van der Waals surface area (Å²) >= 11 is 0. The SMILES string of the molecule is Cn1cc(NC(=O)c2cc(NC(=O)c3cc(NC(=O)c4nc(NC(=O)[C@H](N)CCNC(=O)c5nc(NC(=O)c6cc(NC(=O)c7nc(NC(=O)c8nccn8C)cn7C)cn6C)cn5C)cn4C)cn3C)cn2C)cc1C(=O)NCCCNC(=O)c1cccc(C(=O)O)c1. The molecule has 13 N–H and O–H groups in total. The molecule has 0 aliphatic carbocycles. The number of carboxylic acids is 1. The van der Waals surface area contributed by atoms with Crippen LogP contribution in [0.5, 0.6) is 0 Å². The summed E-state index contributed by atoms with van der Waals surface area (Å²) in [6.45, 7) is 0.352. The van der Waals surface area contributed by atoms with E-state index in [4.69, 9.17) is 5.73 Å². The van der Waals surface area contributed by atoms with Gasteiger partial charge < -0.3 is 101 Å². The first kappa shape index (κ1) is 65.7. The predicted molar refractivity (Wildman–Crippen MR) is 338 cm³/mol. The number of nitrogens with one attached hydrogen (secondary N) is 10. The Kier molecular flexibility index (Phi) is 19.6. The fourth-order valence-corrected chi connectivity index (χ4v) is 9.60. The van der Waals surface area contributed by atoms with Gasteiger partial charge in [-0.3, -0.25) is 47.9 Å². The molecule has 10 amide bonds. The molecule has 0 aliphatic rings. The van der Waals surface area contributed by atoms with E-state index in [0.29, 0.717) is 12.1 Å². The van der Waals surface area contributed by atoms with Crippen molar-refractivity contribution in [2.75, 3.05) is 56.9 Å². The second-order valence-electron chi connectivity index (χ2n) is 21.6. The molecule has 35 heteroatoms. The van der Waals surface area contributed by atoms with Crippen LogP contribution in [0.15, 0.2) is 104 Å². The molecule has 0 unspecified atom stereocenters. The number of amides is 10. The lowest BCUT2D eigenvalue weighted by molar-refractivity contribution is -0.117. The third-order valence-electron chi connectivity index (χ3n) is 14.4. The third-order valence-corrected chi connectivity index (χ3v) is 14.4. The second-order valence-corrected chi connectivity index (χ2v) is 21.6. The Morgan fingerprint density at radius 3 is 1.26 bits per heavy atom. The van der Waals surface area contributed by atoms with Gasteiger partial charge in [0.25, 0.3) is 53.2 Å². The van der Waals surface area contributed by atoms with Crippen LogP contribution >= 0.6 is 0 Å². The van der Waals surface area contributed by atoms with Crippen molar-refractivity contribution in [2.24, 2.45) is 62.1 Å². The largest absolute Gasteiger partial charge is 0.478 e. The molecule has 1 atom stereocenters. The molecule has 488 valence electrons. The minimum Gasteiger partial charge on any atom is -0.478 e. The van der Waals surface area contributed by atoms with Gasteiger partial charge in [-0.15, -0.1) is 0 Å². The smallest absolute Gasteiger partial charge is 0.335 e. The zero-order valence-corrected chi connectivity index (χ0v) is 51.8. The van der Waals surface area contributed by atoms with Gasteiger partial charge in [-0.2, -0.15) is 0 Å². The van der Waals surface area contributed by atoms with Gasteiger partial charge in [0.1, 0.15) is 22.8 Å². The van der Waals surface area contributed by atoms with Gasteiger partial charge in [0.15, 0.2) is 23.3 Å². The lowest BCUT2D eigenvalue weighted by Gasteiger charge is -2.11. The van der Waals surface area contributed by atoms with E-state index in [1.54, 1.807) is 54.7 Å². The number of aryl methyl sites for hydroxylation is 8. The number of hydrogen-bond acceptors (Lipinski definition) is 16. The van der Waals surface area contributed by atoms with E-state index in [9.17, 15) is 57.8 Å². The Bertz CT molecular complexity index is 4490. The highest BCUT2D eigenvalue weighted by atomic mass is 16.4. The zero-order valence-electron chi connectivity index (χ0n) is 51.8. The standard InChI is InChI=1S/C59H65N23O12/c1-75-18-17-61-45(75)56(90)74-44-30-82(8)48(71-44)58(92)68-36-23-41(79(5)27-36)54(88)73-43-29-80(6)46(69-43)55(89)64-16-13-37(60)50(84)72-42-28-81(7)47(70-42)57(91)67-35-22-40(78(4)26-35)53(87)66-34-21-39(77(3)25-34)52(86)65-33-20-38(76(2)24-33)51(85)63-15-10-14-62-49(83)31-11-9-12-32(19-31)59(93)94/h9,11-12,17-30,37H,10,13-16,60H2,1-8H3,(H,62,83)(H,63,85)(H,64,89)(H,65,86)(H,66,87)(H,67,91)(H,68,92)(H,72,84)(H,73,88)(H,74,90)(H,93,94)/t37-/m1/s1. The third kappa shape index (κ3) is 15.5. The summed E-state index contributed by atoms with van der Waals surface area (Å²) in [5.74, 6) is -6.80. The molecular formula is C59H65N23O12. The minimum atomic E-state index is -1.15. The number of carbonyl (C=O) groups excluding carboxylic acids is 10. The highest BCUT2D eigenvalue weighted by Gasteiger charge is 2.25. The molecule has 35 nitrogen and oxygen atoms in total. The molecule has 0 fully saturated rings. The number of imidazole rings is 4. The number of nitrogens with two attached hydrogens (primary N) is 1. The lowest BCUT2D eigenvalue weighted by atomic mass is 10.1. The van der Waals surface area contributed by atoms with Crippen molar-refractivity contribution in [1.82, 2.24) is 72.4 Å². The maximum atomic E-state index is 13.5. The summed E-state index contributed by atoms with van der Waals surface area (Å²) in [6.07, 6.45) is 13.8. The first-order chi connectivity index (χ1) is 44.7. The van der Waals surface area contributed by atoms with Crippen molar-refractivity contribution in [1.29, 1.82) is 0 Å². The van der Waals surface area contributed by atoms with Gasteiger partial charge >= 0.3 is 5.97 Å². The van der Waals surface area contributed by atoms with Crippen LogP contribution in [0, 0.1) is 0 Å². The van der Waals surface area contributed by atoms with E-state index in [-0.39, 0.29) is 118 Å². The van der Waals surface area contributed by atoms with Gasteiger partial charge in [-0.1, -0.05) is 6.07 Å². The lowest BCUT2D eigenvalue weighted by Crippen LogP contribution is -2.39. The Hall–Kier alpha value is -12.7. The summed E-state index contributed by atoms with van der Waals surface area (Å²) < 4.78 is 11.7. The molecule has 9 aromatic rings. The highest BCUT2D eigenvalue weighted by Crippen LogP contribution is 2.22. The van der Waals surface area contributed by atoms with Gasteiger partial charge in [0, 0.05) is 137 Å². The van der Waals surface area contributed by atoms with Crippen LogP contribution in [0.4, 0.5) is 40.2 Å². The number of benzene rings is 1. The molecular weight excluding hydrogens is 1220 g/mol. The van der Waals surface area contributed by atoms with Crippen molar-refractivity contribution in [3.63, 3.8) is 0 Å². The molecule has 94 heavy (non-hydrogen) atoms. The van der Waals surface area contributed by atoms with Crippen molar-refractivity contribution in [3.8, 4) is 0 Å². The Morgan fingerprint density at radius 1 is 0.415 bits per heavy atom. The van der Waals surface area contributed by atoms with E-state index >= 15 is 0 Å². The van der Waals surface area contributed by atoms with Crippen LogP contribution in [-0.4, -0.2) is 152 Å². The number of aromatic carboxylic acids is 1. The molecule has 0 bridgehead atoms. The van der Waals surface area contributed by atoms with Gasteiger partial charge in [-0.05, 0) is 55.3 Å². The monoisotopic (exact) mass is 1290 g/mol. The van der Waals surface area contributed by atoms with Crippen molar-refractivity contribution >= 4 is 105 Å². The van der Waals surface area contributed by atoms with Crippen molar-refractivity contribution in [3.05, 3.63) is 162 Å². The van der Waals surface area contributed by atoms with E-state index in [2.05, 4.69) is 73.1 Å². The number of anilines is 7. The Labute approximate surface area is 533 Å². The van der Waals surface area contributed by atoms with Gasteiger partial charge in [-0.25, -0.2) is 24.7 Å². The number of hydrogen-bond donors (Lipinski definition) is 12. The van der Waals surface area contributed by atoms with E-state index < -0.39 is 71.1 Å². The number of carbonyl (C=O) groups is 11. The molecule has 0 saturated carbocycles. The first-order valence-corrected chi connectivity index (χ1v) is 28.6. The quantitative estimate of drug-likeness (QED) is 0.0363. The minimum absolute atomic E-state index is 0.000219. The van der Waals surface area contributed by atoms with Crippen molar-refractivity contribution in [2.45, 2.75) is 18.9 Å². The Morgan fingerprint density at radius 2 is 0.798 bits per heavy atom. The summed E-state index contributed by atoms with van der Waals surface area (Å²) in [4.78, 5) is 159. The maximum absolute atomic E-state index is 13.5. The highest BCUT2D eigenvalue weighted by molar-refractivity contribution is 6.10.